The molecule has 0 aromatic heterocycles. The molecule has 88 heavy (non-hydrogen) atoms. The predicted octanol–water partition coefficient (Wildman–Crippen LogP) is 5.31. The van der Waals surface area contributed by atoms with Gasteiger partial charge in [-0.25, -0.2) is 0 Å². The summed E-state index contributed by atoms with van der Waals surface area (Å²) in [5.41, 5.74) is 33.7. The van der Waals surface area contributed by atoms with Crippen molar-refractivity contribution in [3.05, 3.63) is 24.3 Å². The van der Waals surface area contributed by atoms with Gasteiger partial charge >= 0.3 is 35.8 Å². The van der Waals surface area contributed by atoms with E-state index < -0.39 is 72.1 Å². The summed E-state index contributed by atoms with van der Waals surface area (Å²) in [4.78, 5) is 126. The molecule has 520 valence electrons. The van der Waals surface area contributed by atoms with Gasteiger partial charge in [-0.1, -0.05) is 73.3 Å². The topological polar surface area (TPSA) is 516 Å². The van der Waals surface area contributed by atoms with Crippen LogP contribution in [0.4, 0.5) is 0 Å². The molecule has 0 fully saturated rings. The Morgan fingerprint density at radius 2 is 0.739 bits per heavy atom. The van der Waals surface area contributed by atoms with Gasteiger partial charge in [0.05, 0.1) is 18.7 Å². The van der Waals surface area contributed by atoms with Crippen LogP contribution in [0.2, 0.25) is 0 Å². The molecule has 0 heterocycles. The number of ether oxygens (including phenoxy) is 1. The van der Waals surface area contributed by atoms with Crippen LogP contribution in [0.1, 0.15) is 200 Å². The van der Waals surface area contributed by atoms with E-state index >= 15 is 0 Å². The maximum Gasteiger partial charge on any atom is 0.320 e. The summed E-state index contributed by atoms with van der Waals surface area (Å²) in [5.74, 6) is -4.27. The Balaban J connectivity index is -0.000000103. The minimum atomic E-state index is -1.02. The third-order valence-electron chi connectivity index (χ3n) is 10.5. The monoisotopic (exact) mass is 1290 g/mol. The van der Waals surface area contributed by atoms with Gasteiger partial charge in [-0.2, -0.15) is 11.8 Å². The number of thioether (sulfide) groups is 1. The number of allylic oxidation sites excluding steroid dienone is 1. The summed E-state index contributed by atoms with van der Waals surface area (Å²) in [6.07, 6.45) is 11.0. The second-order valence-electron chi connectivity index (χ2n) is 20.0. The normalized spacial score (nSPS) is 11.8. The van der Waals surface area contributed by atoms with Gasteiger partial charge < -0.3 is 80.4 Å². The van der Waals surface area contributed by atoms with Crippen molar-refractivity contribution in [1.29, 1.82) is 0 Å². The summed E-state index contributed by atoms with van der Waals surface area (Å²) in [6.45, 7) is 20.3. The second kappa shape index (κ2) is 70.4. The van der Waals surface area contributed by atoms with E-state index in [4.69, 9.17) is 69.8 Å². The maximum atomic E-state index is 11.2. The van der Waals surface area contributed by atoms with E-state index in [0.717, 1.165) is 75.1 Å². The zero-order chi connectivity index (χ0) is 66.2. The van der Waals surface area contributed by atoms with Crippen LogP contribution in [0.25, 0.3) is 0 Å². The Morgan fingerprint density at radius 1 is 0.398 bits per heavy atom. The lowest BCUT2D eigenvalue weighted by molar-refractivity contribution is -0.139. The van der Waals surface area contributed by atoms with E-state index in [0.29, 0.717) is 102 Å². The molecule has 0 aromatic carbocycles. The average Bonchev–Trinajstić information content (AvgIpc) is 3.38. The summed E-state index contributed by atoms with van der Waals surface area (Å²) in [5, 5.41) is 56.9. The van der Waals surface area contributed by atoms with Crippen LogP contribution in [0.3, 0.4) is 0 Å². The number of carbonyl (C=O) groups excluding carboxylic acids is 6. The van der Waals surface area contributed by atoms with Gasteiger partial charge in [-0.15, -0.1) is 0 Å². The van der Waals surface area contributed by atoms with Crippen LogP contribution in [0, 0.1) is 0 Å². The number of rotatable bonds is 46. The number of ketones is 6. The lowest BCUT2D eigenvalue weighted by atomic mass is 10.0. The van der Waals surface area contributed by atoms with Crippen LogP contribution in [-0.4, -0.2) is 188 Å². The summed E-state index contributed by atoms with van der Waals surface area (Å²) in [6, 6.07) is -4.73. The highest BCUT2D eigenvalue weighted by Crippen LogP contribution is 2.09. The van der Waals surface area contributed by atoms with Crippen molar-refractivity contribution in [3.63, 3.8) is 0 Å². The fourth-order valence-corrected chi connectivity index (χ4v) is 6.77. The third-order valence-corrected chi connectivity index (χ3v) is 11.7. The molecule has 0 saturated carbocycles. The zero-order valence-corrected chi connectivity index (χ0v) is 51.4. The van der Waals surface area contributed by atoms with Gasteiger partial charge in [0.1, 0.15) is 71.8 Å². The fraction of sp³-hybridized carbons (Fsp3) is 0.733. The fourth-order valence-electron chi connectivity index (χ4n) is 5.93. The third kappa shape index (κ3) is 91.5. The molecule has 0 saturated heterocycles. The Bertz CT molecular complexity index is 1850. The molecule has 0 rings (SSSR count). The highest BCUT2D eigenvalue weighted by molar-refractivity contribution is 7.99. The standard InChI is InChI=1S/C10H17NO4.C10H17NO3.C9H18N2O3.C9H18N2O2.C9H17NO4.C9H17NO3S.4CH4/c1-7(12)6-8(13)4-2-3-5-9(11)10(14)15;1-7(2)6-8(12)4-3-5-9(11)10(13)14;1-7(12)6-11-5-3-2-4-8(10)9(13)14;1-7(2)6-11-5-3-4-8(10)9(12)13;2*1-7(11)6-14-5-3-2-4-8(10)9(12)13;;;;/h9H,2-6,11H2,1H3,(H,14,15);9H,1,3-6,11H2,2H3,(H,13,14);8,11H,2-6,10H2,1H3,(H,13,14);8,11H,1,3-6,10H2,2H3,(H,12,13);2*8H,2-6,10H2,1H3,(H,12,13);4*1H4. The number of carboxylic acid groups (broad SMARTS) is 6. The molecule has 20 N–H and O–H groups in total. The Morgan fingerprint density at radius 3 is 1.10 bits per heavy atom. The number of hydrogen-bond donors (Lipinski definition) is 14. The van der Waals surface area contributed by atoms with E-state index in [9.17, 15) is 57.5 Å². The molecule has 28 heteroatoms. The van der Waals surface area contributed by atoms with Gasteiger partial charge in [0.25, 0.3) is 0 Å². The lowest BCUT2D eigenvalue weighted by Crippen LogP contribution is -2.31. The van der Waals surface area contributed by atoms with Gasteiger partial charge in [0.15, 0.2) is 5.78 Å². The molecule has 27 nitrogen and oxygen atoms in total. The van der Waals surface area contributed by atoms with Crippen molar-refractivity contribution in [1.82, 2.24) is 10.6 Å². The van der Waals surface area contributed by atoms with Crippen LogP contribution >= 0.6 is 11.8 Å². The van der Waals surface area contributed by atoms with Crippen molar-refractivity contribution in [2.75, 3.05) is 50.9 Å². The average molecular weight is 1290 g/mol. The molecular weight excluding hydrogens is 1170 g/mol. The van der Waals surface area contributed by atoms with E-state index in [2.05, 4.69) is 23.8 Å². The largest absolute Gasteiger partial charge is 0.480 e. The highest BCUT2D eigenvalue weighted by atomic mass is 32.2. The summed E-state index contributed by atoms with van der Waals surface area (Å²) >= 11 is 1.58. The quantitative estimate of drug-likeness (QED) is 0.0208. The summed E-state index contributed by atoms with van der Waals surface area (Å²) in [7, 11) is 0. The molecule has 0 aromatic rings. The van der Waals surface area contributed by atoms with Crippen molar-refractivity contribution in [3.8, 4) is 0 Å². The number of Topliss-reactive ketones (excluding diaryl/α,β-unsaturated/α-hetero) is 6. The molecule has 6 unspecified atom stereocenters. The van der Waals surface area contributed by atoms with Crippen LogP contribution in [0.5, 0.6) is 0 Å². The molecule has 0 aliphatic heterocycles. The molecular formula is C60H120N8O19S. The smallest absolute Gasteiger partial charge is 0.320 e. The van der Waals surface area contributed by atoms with E-state index in [1.807, 2.05) is 6.92 Å². The van der Waals surface area contributed by atoms with Crippen LogP contribution < -0.4 is 45.0 Å². The Hall–Kier alpha value is -5.69. The van der Waals surface area contributed by atoms with Crippen molar-refractivity contribution >= 4 is 82.3 Å². The van der Waals surface area contributed by atoms with Gasteiger partial charge in [-0.05, 0) is 144 Å². The number of hydrogen-bond acceptors (Lipinski definition) is 22. The number of nitrogens with one attached hydrogen (secondary N) is 2. The van der Waals surface area contributed by atoms with E-state index in [1.54, 1.807) is 25.6 Å². The molecule has 0 bridgehead atoms. The SMILES string of the molecule is C.C.C.C.C=C(C)CC(=O)CCCC(N)C(=O)O.C=C(C)CNCCCC(N)C(=O)O.CC(=O)CC(=O)CCCCC(N)C(=O)O.CC(=O)CNCCCCC(N)C(=O)O.CC(=O)COCCCCC(N)C(=O)O.CC(=O)CSCCCCC(N)C(=O)O. The minimum absolute atomic E-state index is 0. The van der Waals surface area contributed by atoms with Crippen LogP contribution in [0.15, 0.2) is 24.3 Å². The van der Waals surface area contributed by atoms with E-state index in [-0.39, 0.29) is 77.4 Å². The Labute approximate surface area is 529 Å². The van der Waals surface area contributed by atoms with Crippen molar-refractivity contribution in [2.24, 2.45) is 34.4 Å². The van der Waals surface area contributed by atoms with Crippen LogP contribution in [-0.2, 0) is 62.3 Å². The number of nitrogens with two attached hydrogens (primary N) is 6. The number of carboxylic acids is 6. The lowest BCUT2D eigenvalue weighted by Gasteiger charge is -2.06. The first kappa shape index (κ1) is 104. The zero-order valence-electron chi connectivity index (χ0n) is 50.5. The van der Waals surface area contributed by atoms with Gasteiger partial charge in [0.2, 0.25) is 0 Å². The van der Waals surface area contributed by atoms with Crippen molar-refractivity contribution in [2.45, 2.75) is 236 Å². The predicted molar refractivity (Wildman–Crippen MR) is 349 cm³/mol. The van der Waals surface area contributed by atoms with Gasteiger partial charge in [-0.3, -0.25) is 57.5 Å². The second-order valence-corrected chi connectivity index (χ2v) is 21.2. The van der Waals surface area contributed by atoms with E-state index in [1.165, 1.54) is 20.8 Å². The minimum Gasteiger partial charge on any atom is -0.480 e. The molecule has 0 aliphatic carbocycles. The highest BCUT2D eigenvalue weighted by Gasteiger charge is 2.15. The summed E-state index contributed by atoms with van der Waals surface area (Å²) < 4.78 is 5.00. The first-order valence-electron chi connectivity index (χ1n) is 27.8. The number of carbonyl (C=O) groups is 12. The molecule has 0 radical (unpaired) electrons. The Kier molecular flexibility index (Phi) is 83.3. The molecule has 0 spiro atoms. The molecule has 6 atom stereocenters. The number of unbranched alkanes of at least 4 members (excludes halogenated alkanes) is 4. The maximum absolute atomic E-state index is 11.2. The molecule has 0 aliphatic rings. The molecule has 0 amide bonds. The van der Waals surface area contributed by atoms with Gasteiger partial charge in [0, 0.05) is 32.4 Å². The first-order chi connectivity index (χ1) is 39.0. The first-order valence-corrected chi connectivity index (χ1v) is 28.9. The number of aliphatic carboxylic acids is 6. The van der Waals surface area contributed by atoms with Crippen molar-refractivity contribution < 1.29 is 92.9 Å².